The SMILES string of the molecule is CCC1(C(=O)O)CCCN1C(=O)c1ccc(CSC)cc1. The number of carbonyl (C=O) groups excluding carboxylic acids is 1. The zero-order valence-corrected chi connectivity index (χ0v) is 13.3. The molecule has 5 heteroatoms. The van der Waals surface area contributed by atoms with E-state index in [0.29, 0.717) is 24.9 Å². The first kappa shape index (κ1) is 15.9. The van der Waals surface area contributed by atoms with Crippen LogP contribution in [0.2, 0.25) is 0 Å². The van der Waals surface area contributed by atoms with E-state index in [4.69, 9.17) is 0 Å². The Bertz CT molecular complexity index is 529. The average molecular weight is 307 g/mol. The summed E-state index contributed by atoms with van der Waals surface area (Å²) in [5.41, 5.74) is 0.705. The third-order valence-corrected chi connectivity index (χ3v) is 4.85. The van der Waals surface area contributed by atoms with Gasteiger partial charge in [-0.1, -0.05) is 19.1 Å². The summed E-state index contributed by atoms with van der Waals surface area (Å²) < 4.78 is 0. The number of benzene rings is 1. The molecule has 1 aromatic rings. The van der Waals surface area contributed by atoms with Crippen molar-refractivity contribution in [2.24, 2.45) is 0 Å². The van der Waals surface area contributed by atoms with Crippen LogP contribution in [0.25, 0.3) is 0 Å². The predicted octanol–water partition coefficient (Wildman–Crippen LogP) is 3.02. The van der Waals surface area contributed by atoms with Gasteiger partial charge in [0.1, 0.15) is 5.54 Å². The Kier molecular flexibility index (Phi) is 4.93. The molecule has 1 unspecified atom stereocenters. The molecule has 4 nitrogen and oxygen atoms in total. The molecule has 1 aliphatic rings. The van der Waals surface area contributed by atoms with Gasteiger partial charge in [0.05, 0.1) is 0 Å². The van der Waals surface area contributed by atoms with E-state index < -0.39 is 11.5 Å². The van der Waals surface area contributed by atoms with Gasteiger partial charge in [-0.15, -0.1) is 0 Å². The average Bonchev–Trinajstić information content (AvgIpc) is 2.93. The maximum atomic E-state index is 12.7. The van der Waals surface area contributed by atoms with Crippen LogP contribution < -0.4 is 0 Å². The lowest BCUT2D eigenvalue weighted by atomic mass is 9.92. The largest absolute Gasteiger partial charge is 0.479 e. The molecule has 1 saturated heterocycles. The topological polar surface area (TPSA) is 57.6 Å². The lowest BCUT2D eigenvalue weighted by Crippen LogP contribution is -2.52. The van der Waals surface area contributed by atoms with Crippen molar-refractivity contribution in [2.75, 3.05) is 12.8 Å². The van der Waals surface area contributed by atoms with Crippen LogP contribution in [0.1, 0.15) is 42.1 Å². The lowest BCUT2D eigenvalue weighted by Gasteiger charge is -2.34. The number of thioether (sulfide) groups is 1. The van der Waals surface area contributed by atoms with Crippen LogP contribution in [0.4, 0.5) is 0 Å². The molecule has 1 amide bonds. The zero-order chi connectivity index (χ0) is 15.5. The van der Waals surface area contributed by atoms with Gasteiger partial charge in [0, 0.05) is 17.9 Å². The number of carboxylic acids is 1. The molecule has 0 radical (unpaired) electrons. The van der Waals surface area contributed by atoms with Crippen molar-refractivity contribution in [3.8, 4) is 0 Å². The molecule has 114 valence electrons. The van der Waals surface area contributed by atoms with Gasteiger partial charge in [-0.2, -0.15) is 11.8 Å². The minimum atomic E-state index is -1.03. The van der Waals surface area contributed by atoms with Crippen LogP contribution in [0.5, 0.6) is 0 Å². The van der Waals surface area contributed by atoms with Gasteiger partial charge < -0.3 is 10.0 Å². The highest BCUT2D eigenvalue weighted by Crippen LogP contribution is 2.34. The van der Waals surface area contributed by atoms with Crippen molar-refractivity contribution >= 4 is 23.6 Å². The number of carbonyl (C=O) groups is 2. The number of rotatable bonds is 5. The molecular weight excluding hydrogens is 286 g/mol. The Morgan fingerprint density at radius 3 is 2.52 bits per heavy atom. The normalized spacial score (nSPS) is 21.5. The number of amides is 1. The monoisotopic (exact) mass is 307 g/mol. The van der Waals surface area contributed by atoms with Gasteiger partial charge in [-0.3, -0.25) is 4.79 Å². The highest BCUT2D eigenvalue weighted by atomic mass is 32.2. The fourth-order valence-corrected chi connectivity index (χ4v) is 3.51. The van der Waals surface area contributed by atoms with Crippen molar-refractivity contribution in [1.82, 2.24) is 4.90 Å². The number of hydrogen-bond acceptors (Lipinski definition) is 3. The van der Waals surface area contributed by atoms with E-state index in [0.717, 1.165) is 12.2 Å². The third kappa shape index (κ3) is 2.93. The number of likely N-dealkylation sites (tertiary alicyclic amines) is 1. The van der Waals surface area contributed by atoms with E-state index in [1.807, 2.05) is 25.3 Å². The quantitative estimate of drug-likeness (QED) is 0.908. The molecule has 2 rings (SSSR count). The Balaban J connectivity index is 2.24. The van der Waals surface area contributed by atoms with E-state index >= 15 is 0 Å². The van der Waals surface area contributed by atoms with Crippen LogP contribution in [0, 0.1) is 0 Å². The fourth-order valence-electron chi connectivity index (χ4n) is 2.98. The molecule has 0 aliphatic carbocycles. The summed E-state index contributed by atoms with van der Waals surface area (Å²) in [6, 6.07) is 7.48. The van der Waals surface area contributed by atoms with E-state index in [1.54, 1.807) is 28.8 Å². The van der Waals surface area contributed by atoms with Crippen molar-refractivity contribution in [3.05, 3.63) is 35.4 Å². The number of carboxylic acid groups (broad SMARTS) is 1. The first-order valence-corrected chi connectivity index (χ1v) is 8.58. The maximum Gasteiger partial charge on any atom is 0.329 e. The van der Waals surface area contributed by atoms with E-state index in [-0.39, 0.29) is 5.91 Å². The molecule has 1 aliphatic heterocycles. The zero-order valence-electron chi connectivity index (χ0n) is 12.5. The molecule has 0 aromatic heterocycles. The number of hydrogen-bond donors (Lipinski definition) is 1. The highest BCUT2D eigenvalue weighted by Gasteiger charge is 2.48. The summed E-state index contributed by atoms with van der Waals surface area (Å²) in [5, 5.41) is 9.55. The molecule has 21 heavy (non-hydrogen) atoms. The van der Waals surface area contributed by atoms with Crippen LogP contribution in [-0.2, 0) is 10.5 Å². The molecular formula is C16H21NO3S. The van der Waals surface area contributed by atoms with Crippen molar-refractivity contribution in [3.63, 3.8) is 0 Å². The smallest absolute Gasteiger partial charge is 0.329 e. The summed E-state index contributed by atoms with van der Waals surface area (Å²) in [6.45, 7) is 2.35. The van der Waals surface area contributed by atoms with Crippen LogP contribution in [0.15, 0.2) is 24.3 Å². The van der Waals surface area contributed by atoms with E-state index in [9.17, 15) is 14.7 Å². The second-order valence-electron chi connectivity index (χ2n) is 5.38. The van der Waals surface area contributed by atoms with Gasteiger partial charge in [-0.05, 0) is 43.2 Å². The summed E-state index contributed by atoms with van der Waals surface area (Å²) in [5.74, 6) is -0.158. The highest BCUT2D eigenvalue weighted by molar-refractivity contribution is 7.97. The molecule has 1 atom stereocenters. The van der Waals surface area contributed by atoms with Gasteiger partial charge >= 0.3 is 5.97 Å². The summed E-state index contributed by atoms with van der Waals surface area (Å²) >= 11 is 1.73. The van der Waals surface area contributed by atoms with Crippen molar-refractivity contribution < 1.29 is 14.7 Å². The van der Waals surface area contributed by atoms with Gasteiger partial charge in [0.15, 0.2) is 0 Å². The lowest BCUT2D eigenvalue weighted by molar-refractivity contribution is -0.148. The molecule has 1 fully saturated rings. The standard InChI is InChI=1S/C16H21NO3S/c1-3-16(15(19)20)9-4-10-17(16)14(18)13-7-5-12(6-8-13)11-21-2/h5-8H,3-4,9-11H2,1-2H3,(H,19,20). The minimum absolute atomic E-state index is 0.174. The molecule has 0 saturated carbocycles. The summed E-state index contributed by atoms with van der Waals surface area (Å²) in [7, 11) is 0. The van der Waals surface area contributed by atoms with Crippen LogP contribution in [-0.4, -0.2) is 40.2 Å². The maximum absolute atomic E-state index is 12.7. The summed E-state index contributed by atoms with van der Waals surface area (Å²) in [4.78, 5) is 25.8. The van der Waals surface area contributed by atoms with Gasteiger partial charge in [0.2, 0.25) is 0 Å². The molecule has 1 N–H and O–H groups in total. The van der Waals surface area contributed by atoms with Gasteiger partial charge in [0.25, 0.3) is 5.91 Å². The second kappa shape index (κ2) is 6.52. The molecule has 1 aromatic carbocycles. The van der Waals surface area contributed by atoms with Crippen LogP contribution in [0.3, 0.4) is 0 Å². The fraction of sp³-hybridized carbons (Fsp3) is 0.500. The second-order valence-corrected chi connectivity index (χ2v) is 6.25. The first-order chi connectivity index (χ1) is 10.0. The Hall–Kier alpha value is -1.49. The third-order valence-electron chi connectivity index (χ3n) is 4.23. The minimum Gasteiger partial charge on any atom is -0.479 e. The Morgan fingerprint density at radius 1 is 1.33 bits per heavy atom. The number of nitrogens with zero attached hydrogens (tertiary/aromatic N) is 1. The molecule has 0 spiro atoms. The van der Waals surface area contributed by atoms with Crippen LogP contribution >= 0.6 is 11.8 Å². The number of aliphatic carboxylic acids is 1. The predicted molar refractivity (Wildman–Crippen MR) is 84.6 cm³/mol. The molecule has 0 bridgehead atoms. The summed E-state index contributed by atoms with van der Waals surface area (Å²) in [6.07, 6.45) is 3.76. The van der Waals surface area contributed by atoms with Gasteiger partial charge in [-0.25, -0.2) is 4.79 Å². The van der Waals surface area contributed by atoms with Crippen molar-refractivity contribution in [1.29, 1.82) is 0 Å². The van der Waals surface area contributed by atoms with E-state index in [2.05, 4.69) is 0 Å². The Labute approximate surface area is 129 Å². The Morgan fingerprint density at radius 2 is 2.00 bits per heavy atom. The van der Waals surface area contributed by atoms with Crippen molar-refractivity contribution in [2.45, 2.75) is 37.5 Å². The molecule has 1 heterocycles. The van der Waals surface area contributed by atoms with E-state index in [1.165, 1.54) is 5.56 Å². The first-order valence-electron chi connectivity index (χ1n) is 7.18.